The third-order valence-corrected chi connectivity index (χ3v) is 7.93. The monoisotopic (exact) mass is 711 g/mol. The lowest BCUT2D eigenvalue weighted by molar-refractivity contribution is -0.161. The summed E-state index contributed by atoms with van der Waals surface area (Å²) < 4.78 is 32.4. The minimum absolute atomic E-state index is 0.104. The number of unbranched alkanes of at least 4 members (excludes halogenated alkanes) is 8. The molecule has 0 aliphatic carbocycles. The molecule has 0 aromatic rings. The van der Waals surface area contributed by atoms with Crippen molar-refractivity contribution in [3.05, 3.63) is 60.8 Å². The lowest BCUT2D eigenvalue weighted by Gasteiger charge is -2.20. The molecule has 0 aliphatic heterocycles. The molecule has 0 radical (unpaired) electrons. The van der Waals surface area contributed by atoms with Crippen LogP contribution in [0.5, 0.6) is 0 Å². The van der Waals surface area contributed by atoms with Gasteiger partial charge < -0.3 is 25.2 Å². The van der Waals surface area contributed by atoms with Gasteiger partial charge in [-0.15, -0.1) is 0 Å². The molecule has 11 nitrogen and oxygen atoms in total. The number of carboxylic acid groups (broad SMARTS) is 1. The summed E-state index contributed by atoms with van der Waals surface area (Å²) in [6.07, 6.45) is 34.5. The van der Waals surface area contributed by atoms with Gasteiger partial charge in [-0.05, 0) is 70.6 Å². The van der Waals surface area contributed by atoms with Crippen molar-refractivity contribution in [1.82, 2.24) is 0 Å². The first-order chi connectivity index (χ1) is 23.6. The molecule has 0 saturated heterocycles. The second-order valence-corrected chi connectivity index (χ2v) is 13.1. The Morgan fingerprint density at radius 2 is 1.14 bits per heavy atom. The number of phosphoric acid groups is 1. The molecule has 0 amide bonds. The van der Waals surface area contributed by atoms with Gasteiger partial charge in [0, 0.05) is 12.8 Å². The number of nitrogens with two attached hydrogens (primary N) is 1. The molecule has 4 N–H and O–H groups in total. The topological polar surface area (TPSA) is 172 Å². The predicted molar refractivity (Wildman–Crippen MR) is 194 cm³/mol. The van der Waals surface area contributed by atoms with Crippen LogP contribution in [0.2, 0.25) is 0 Å². The molecule has 0 aliphatic rings. The molecule has 0 spiro atoms. The zero-order chi connectivity index (χ0) is 36.4. The summed E-state index contributed by atoms with van der Waals surface area (Å²) in [7, 11) is -4.72. The van der Waals surface area contributed by atoms with E-state index in [2.05, 4.69) is 79.1 Å². The number of allylic oxidation sites excluding steroid dienone is 10. The van der Waals surface area contributed by atoms with Crippen LogP contribution in [0.25, 0.3) is 0 Å². The zero-order valence-electron chi connectivity index (χ0n) is 29.8. The first kappa shape index (κ1) is 46.2. The van der Waals surface area contributed by atoms with E-state index in [0.717, 1.165) is 83.5 Å². The van der Waals surface area contributed by atoms with Gasteiger partial charge in [0.1, 0.15) is 12.6 Å². The van der Waals surface area contributed by atoms with Gasteiger partial charge >= 0.3 is 25.7 Å². The maximum atomic E-state index is 12.5. The SMILES string of the molecule is CC/C=C\C/C=C\C/C=C\C/C=C\CCCCC(=O)OC(COC(=O)CCCCCCC/C=C\CCC)COP(=O)(O)OCC(N)C(=O)O. The highest BCUT2D eigenvalue weighted by Gasteiger charge is 2.28. The van der Waals surface area contributed by atoms with Gasteiger partial charge in [0.05, 0.1) is 13.2 Å². The number of carbonyl (C=O) groups is 3. The van der Waals surface area contributed by atoms with Crippen molar-refractivity contribution in [2.45, 2.75) is 135 Å². The van der Waals surface area contributed by atoms with Crippen LogP contribution in [-0.2, 0) is 37.5 Å². The van der Waals surface area contributed by atoms with E-state index in [1.807, 2.05) is 0 Å². The van der Waals surface area contributed by atoms with Crippen molar-refractivity contribution >= 4 is 25.7 Å². The van der Waals surface area contributed by atoms with E-state index in [1.165, 1.54) is 0 Å². The summed E-state index contributed by atoms with van der Waals surface area (Å²) in [5.74, 6) is -2.46. The Hall–Kier alpha value is -2.82. The van der Waals surface area contributed by atoms with Crippen molar-refractivity contribution in [2.75, 3.05) is 19.8 Å². The normalized spacial score (nSPS) is 14.7. The zero-order valence-corrected chi connectivity index (χ0v) is 30.6. The molecule has 49 heavy (non-hydrogen) atoms. The van der Waals surface area contributed by atoms with Gasteiger partial charge in [0.25, 0.3) is 0 Å². The van der Waals surface area contributed by atoms with Crippen LogP contribution < -0.4 is 5.73 Å². The van der Waals surface area contributed by atoms with Crippen molar-refractivity contribution in [2.24, 2.45) is 5.73 Å². The van der Waals surface area contributed by atoms with Crippen LogP contribution >= 0.6 is 7.82 Å². The average Bonchev–Trinajstić information content (AvgIpc) is 3.07. The maximum absolute atomic E-state index is 12.5. The third kappa shape index (κ3) is 32.2. The van der Waals surface area contributed by atoms with Crippen LogP contribution in [0.3, 0.4) is 0 Å². The van der Waals surface area contributed by atoms with Crippen LogP contribution in [0, 0.1) is 0 Å². The van der Waals surface area contributed by atoms with Gasteiger partial charge in [-0.3, -0.25) is 23.4 Å². The summed E-state index contributed by atoms with van der Waals surface area (Å²) in [5, 5.41) is 8.84. The number of aliphatic carboxylic acids is 1. The number of hydrogen-bond acceptors (Lipinski definition) is 9. The summed E-state index contributed by atoms with van der Waals surface area (Å²) >= 11 is 0. The van der Waals surface area contributed by atoms with E-state index < -0.39 is 51.1 Å². The molecular weight excluding hydrogens is 649 g/mol. The smallest absolute Gasteiger partial charge is 0.472 e. The minimum Gasteiger partial charge on any atom is -0.480 e. The second kappa shape index (κ2) is 32.4. The fourth-order valence-corrected chi connectivity index (χ4v) is 4.95. The number of phosphoric ester groups is 1. The van der Waals surface area contributed by atoms with Gasteiger partial charge in [-0.2, -0.15) is 0 Å². The Balaban J connectivity index is 4.58. The molecule has 0 fully saturated rings. The molecule has 3 atom stereocenters. The Morgan fingerprint density at radius 3 is 1.78 bits per heavy atom. The minimum atomic E-state index is -4.72. The molecule has 0 rings (SSSR count). The molecule has 0 heterocycles. The lowest BCUT2D eigenvalue weighted by Crippen LogP contribution is -2.34. The maximum Gasteiger partial charge on any atom is 0.472 e. The summed E-state index contributed by atoms with van der Waals surface area (Å²) in [4.78, 5) is 45.6. The molecule has 0 bridgehead atoms. The summed E-state index contributed by atoms with van der Waals surface area (Å²) in [5.41, 5.74) is 5.30. The van der Waals surface area contributed by atoms with Crippen molar-refractivity contribution < 1.29 is 47.5 Å². The van der Waals surface area contributed by atoms with Crippen LogP contribution in [0.15, 0.2) is 60.8 Å². The summed E-state index contributed by atoms with van der Waals surface area (Å²) in [6.45, 7) is 2.52. The lowest BCUT2D eigenvalue weighted by atomic mass is 10.1. The first-order valence-electron chi connectivity index (χ1n) is 17.8. The van der Waals surface area contributed by atoms with Crippen LogP contribution in [0.1, 0.15) is 123 Å². The number of ether oxygens (including phenoxy) is 2. The average molecular weight is 712 g/mol. The molecule has 0 aromatic carbocycles. The van der Waals surface area contributed by atoms with E-state index in [-0.39, 0.29) is 19.4 Å². The second-order valence-electron chi connectivity index (χ2n) is 11.6. The number of esters is 2. The van der Waals surface area contributed by atoms with Crippen LogP contribution in [-0.4, -0.2) is 59.9 Å². The summed E-state index contributed by atoms with van der Waals surface area (Å²) in [6, 6.07) is -1.53. The van der Waals surface area contributed by atoms with Gasteiger partial charge in [-0.25, -0.2) is 4.57 Å². The molecule has 12 heteroatoms. The highest BCUT2D eigenvalue weighted by atomic mass is 31.2. The molecule has 3 unspecified atom stereocenters. The van der Waals surface area contributed by atoms with Gasteiger partial charge in [0.15, 0.2) is 6.10 Å². The number of rotatable bonds is 32. The number of hydrogen-bond donors (Lipinski definition) is 3. The van der Waals surface area contributed by atoms with Crippen molar-refractivity contribution in [1.29, 1.82) is 0 Å². The van der Waals surface area contributed by atoms with E-state index in [4.69, 9.17) is 24.8 Å². The van der Waals surface area contributed by atoms with Gasteiger partial charge in [-0.1, -0.05) is 100 Å². The molecule has 0 saturated carbocycles. The standard InChI is InChI=1S/C37H62NO10P/c1-3-5-7-9-11-13-15-16-17-18-19-21-23-25-27-29-36(40)48-33(31-46-49(43,44)47-32-34(38)37(41)42)30-45-35(39)28-26-24-22-20-14-12-10-8-6-4-2/h5,7-8,10-11,13,16-17,19,21,33-34H,3-4,6,9,12,14-15,18,20,22-32,38H2,1-2H3,(H,41,42)(H,43,44)/b7-5-,10-8-,13-11-,17-16-,21-19-. The fourth-order valence-electron chi connectivity index (χ4n) is 4.17. The number of carboxylic acids is 1. The van der Waals surface area contributed by atoms with E-state index in [1.54, 1.807) is 0 Å². The van der Waals surface area contributed by atoms with Crippen molar-refractivity contribution in [3.63, 3.8) is 0 Å². The fraction of sp³-hybridized carbons (Fsp3) is 0.649. The van der Waals surface area contributed by atoms with E-state index >= 15 is 0 Å². The predicted octanol–water partition coefficient (Wildman–Crippen LogP) is 8.44. The Morgan fingerprint density at radius 1 is 0.653 bits per heavy atom. The van der Waals surface area contributed by atoms with Crippen LogP contribution in [0.4, 0.5) is 0 Å². The van der Waals surface area contributed by atoms with E-state index in [9.17, 15) is 23.8 Å². The highest BCUT2D eigenvalue weighted by Crippen LogP contribution is 2.43. The Labute approximate surface area is 294 Å². The highest BCUT2D eigenvalue weighted by molar-refractivity contribution is 7.47. The van der Waals surface area contributed by atoms with Crippen molar-refractivity contribution in [3.8, 4) is 0 Å². The third-order valence-electron chi connectivity index (χ3n) is 6.98. The largest absolute Gasteiger partial charge is 0.480 e. The first-order valence-corrected chi connectivity index (χ1v) is 19.3. The van der Waals surface area contributed by atoms with E-state index in [0.29, 0.717) is 12.8 Å². The molecule has 0 aromatic heterocycles. The molecule has 280 valence electrons. The Bertz CT molecular complexity index is 1070. The molecular formula is C37H62NO10P. The Kier molecular flexibility index (Phi) is 30.5. The number of carbonyl (C=O) groups excluding carboxylic acids is 2. The van der Waals surface area contributed by atoms with Gasteiger partial charge in [0.2, 0.25) is 0 Å². The quantitative estimate of drug-likeness (QED) is 0.0265.